The number of carbonyl (C=O) groups is 1. The summed E-state index contributed by atoms with van der Waals surface area (Å²) in [6, 6.07) is 3.79. The molecule has 0 unspecified atom stereocenters. The quantitative estimate of drug-likeness (QED) is 0.684. The maximum Gasteiger partial charge on any atom is 0.227 e. The third-order valence-electron chi connectivity index (χ3n) is 3.37. The lowest BCUT2D eigenvalue weighted by molar-refractivity contribution is -0.132. The molecule has 0 aromatic heterocycles. The van der Waals surface area contributed by atoms with Crippen LogP contribution in [0.15, 0.2) is 18.2 Å². The lowest BCUT2D eigenvalue weighted by atomic mass is 10.1. The maximum absolute atomic E-state index is 13.2. The summed E-state index contributed by atoms with van der Waals surface area (Å²) in [5, 5.41) is 0.701. The number of alkyl halides is 1. The standard InChI is InChI=1S/C15H20BrF2NO/c1-3-12(4-2)19(8-7-16)15(20)10-11-5-6-13(17)14(18)9-11/h5-6,9,12H,3-4,7-8,10H2,1-2H3. The van der Waals surface area contributed by atoms with Crippen LogP contribution >= 0.6 is 15.9 Å². The molecule has 0 aliphatic heterocycles. The van der Waals surface area contributed by atoms with Crippen molar-refractivity contribution in [2.75, 3.05) is 11.9 Å². The summed E-state index contributed by atoms with van der Waals surface area (Å²) in [6.07, 6.45) is 1.86. The molecule has 112 valence electrons. The third-order valence-corrected chi connectivity index (χ3v) is 3.72. The molecule has 0 saturated heterocycles. The molecule has 1 aromatic rings. The average Bonchev–Trinajstić information content (AvgIpc) is 2.43. The van der Waals surface area contributed by atoms with E-state index in [1.54, 1.807) is 0 Å². The minimum absolute atomic E-state index is 0.0517. The van der Waals surface area contributed by atoms with Gasteiger partial charge >= 0.3 is 0 Å². The van der Waals surface area contributed by atoms with Crippen LogP contribution in [0.25, 0.3) is 0 Å². The van der Waals surface area contributed by atoms with Crippen molar-refractivity contribution in [3.63, 3.8) is 0 Å². The van der Waals surface area contributed by atoms with Crippen LogP contribution in [0.4, 0.5) is 8.78 Å². The summed E-state index contributed by atoms with van der Waals surface area (Å²) in [4.78, 5) is 14.2. The molecule has 0 spiro atoms. The van der Waals surface area contributed by atoms with Crippen molar-refractivity contribution in [3.05, 3.63) is 35.4 Å². The fourth-order valence-corrected chi connectivity index (χ4v) is 2.64. The van der Waals surface area contributed by atoms with Gasteiger partial charge in [-0.25, -0.2) is 8.78 Å². The van der Waals surface area contributed by atoms with Crippen molar-refractivity contribution >= 4 is 21.8 Å². The fourth-order valence-electron chi connectivity index (χ4n) is 2.26. The van der Waals surface area contributed by atoms with Crippen LogP contribution in [0, 0.1) is 11.6 Å². The monoisotopic (exact) mass is 347 g/mol. The summed E-state index contributed by atoms with van der Waals surface area (Å²) in [5.41, 5.74) is 0.499. The van der Waals surface area contributed by atoms with E-state index in [9.17, 15) is 13.6 Å². The smallest absolute Gasteiger partial charge is 0.227 e. The number of hydrogen-bond acceptors (Lipinski definition) is 1. The average molecular weight is 348 g/mol. The van der Waals surface area contributed by atoms with Gasteiger partial charge in [0.15, 0.2) is 11.6 Å². The van der Waals surface area contributed by atoms with Gasteiger partial charge in [-0.1, -0.05) is 35.8 Å². The number of nitrogens with zero attached hydrogens (tertiary/aromatic N) is 1. The summed E-state index contributed by atoms with van der Waals surface area (Å²) in [6.45, 7) is 4.70. The van der Waals surface area contributed by atoms with Crippen molar-refractivity contribution in [1.82, 2.24) is 4.90 Å². The van der Waals surface area contributed by atoms with Crippen molar-refractivity contribution in [2.24, 2.45) is 0 Å². The Morgan fingerprint density at radius 2 is 1.90 bits per heavy atom. The zero-order valence-electron chi connectivity index (χ0n) is 11.8. The number of benzene rings is 1. The minimum Gasteiger partial charge on any atom is -0.339 e. The van der Waals surface area contributed by atoms with E-state index in [4.69, 9.17) is 0 Å². The van der Waals surface area contributed by atoms with E-state index < -0.39 is 11.6 Å². The Hall–Kier alpha value is -0.970. The van der Waals surface area contributed by atoms with Crippen molar-refractivity contribution in [1.29, 1.82) is 0 Å². The molecule has 0 aliphatic rings. The highest BCUT2D eigenvalue weighted by molar-refractivity contribution is 9.09. The first-order valence-electron chi connectivity index (χ1n) is 6.82. The van der Waals surface area contributed by atoms with Crippen LogP contribution in [0.2, 0.25) is 0 Å². The predicted molar refractivity (Wildman–Crippen MR) is 79.9 cm³/mol. The SMILES string of the molecule is CCC(CC)N(CCBr)C(=O)Cc1ccc(F)c(F)c1. The second-order valence-electron chi connectivity index (χ2n) is 4.67. The van der Waals surface area contributed by atoms with E-state index in [2.05, 4.69) is 15.9 Å². The summed E-state index contributed by atoms with van der Waals surface area (Å²) < 4.78 is 26.0. The molecule has 1 aromatic carbocycles. The number of hydrogen-bond donors (Lipinski definition) is 0. The van der Waals surface area contributed by atoms with Gasteiger partial charge in [0.2, 0.25) is 5.91 Å². The molecule has 1 amide bonds. The molecule has 0 aliphatic carbocycles. The van der Waals surface area contributed by atoms with Crippen molar-refractivity contribution < 1.29 is 13.6 Å². The number of halogens is 3. The van der Waals surface area contributed by atoms with E-state index in [-0.39, 0.29) is 18.4 Å². The summed E-state index contributed by atoms with van der Waals surface area (Å²) >= 11 is 3.35. The Balaban J connectivity index is 2.81. The molecular formula is C15H20BrF2NO. The Morgan fingerprint density at radius 1 is 1.25 bits per heavy atom. The molecule has 0 fully saturated rings. The lowest BCUT2D eigenvalue weighted by Gasteiger charge is -2.30. The highest BCUT2D eigenvalue weighted by Crippen LogP contribution is 2.14. The van der Waals surface area contributed by atoms with Crippen LogP contribution in [-0.2, 0) is 11.2 Å². The third kappa shape index (κ3) is 4.54. The Morgan fingerprint density at radius 3 is 2.40 bits per heavy atom. The molecular weight excluding hydrogens is 328 g/mol. The zero-order valence-corrected chi connectivity index (χ0v) is 13.4. The second-order valence-corrected chi connectivity index (χ2v) is 5.46. The van der Waals surface area contributed by atoms with Gasteiger partial charge in [0, 0.05) is 17.9 Å². The molecule has 1 rings (SSSR count). The van der Waals surface area contributed by atoms with Gasteiger partial charge in [0.25, 0.3) is 0 Å². The van der Waals surface area contributed by atoms with E-state index >= 15 is 0 Å². The van der Waals surface area contributed by atoms with Crippen molar-refractivity contribution in [3.8, 4) is 0 Å². The largest absolute Gasteiger partial charge is 0.339 e. The molecule has 0 heterocycles. The summed E-state index contributed by atoms with van der Waals surface area (Å²) in [5.74, 6) is -1.85. The molecule has 0 saturated carbocycles. The predicted octanol–water partition coefficient (Wildman–Crippen LogP) is 3.92. The molecule has 0 bridgehead atoms. The zero-order chi connectivity index (χ0) is 15.1. The molecule has 2 nitrogen and oxygen atoms in total. The maximum atomic E-state index is 13.2. The molecule has 20 heavy (non-hydrogen) atoms. The highest BCUT2D eigenvalue weighted by atomic mass is 79.9. The van der Waals surface area contributed by atoms with Gasteiger partial charge in [-0.05, 0) is 30.5 Å². The highest BCUT2D eigenvalue weighted by Gasteiger charge is 2.20. The van der Waals surface area contributed by atoms with Gasteiger partial charge in [-0.15, -0.1) is 0 Å². The Kier molecular flexibility index (Phi) is 7.13. The first-order chi connectivity index (χ1) is 9.53. The second kappa shape index (κ2) is 8.35. The molecule has 0 radical (unpaired) electrons. The lowest BCUT2D eigenvalue weighted by Crippen LogP contribution is -2.41. The van der Waals surface area contributed by atoms with Gasteiger partial charge < -0.3 is 4.90 Å². The number of carbonyl (C=O) groups excluding carboxylic acids is 1. The molecule has 5 heteroatoms. The van der Waals surface area contributed by atoms with Crippen LogP contribution < -0.4 is 0 Å². The Labute approximate surface area is 127 Å². The van der Waals surface area contributed by atoms with Crippen molar-refractivity contribution in [2.45, 2.75) is 39.2 Å². The topological polar surface area (TPSA) is 20.3 Å². The number of amides is 1. The minimum atomic E-state index is -0.912. The molecule has 0 atom stereocenters. The van der Waals surface area contributed by atoms with E-state index in [1.807, 2.05) is 18.7 Å². The van der Waals surface area contributed by atoms with Crippen LogP contribution in [0.1, 0.15) is 32.3 Å². The fraction of sp³-hybridized carbons (Fsp3) is 0.533. The number of rotatable bonds is 7. The van der Waals surface area contributed by atoms with Crippen LogP contribution in [0.5, 0.6) is 0 Å². The van der Waals surface area contributed by atoms with Crippen LogP contribution in [-0.4, -0.2) is 28.7 Å². The Bertz CT molecular complexity index is 449. The van der Waals surface area contributed by atoms with Crippen LogP contribution in [0.3, 0.4) is 0 Å². The van der Waals surface area contributed by atoms with E-state index in [0.29, 0.717) is 17.4 Å². The normalized spacial score (nSPS) is 10.9. The van der Waals surface area contributed by atoms with Gasteiger partial charge in [-0.3, -0.25) is 4.79 Å². The van der Waals surface area contributed by atoms with Gasteiger partial charge in [0.05, 0.1) is 6.42 Å². The van der Waals surface area contributed by atoms with E-state index in [0.717, 1.165) is 25.0 Å². The first kappa shape index (κ1) is 17.1. The summed E-state index contributed by atoms with van der Waals surface area (Å²) in [7, 11) is 0. The first-order valence-corrected chi connectivity index (χ1v) is 7.94. The van der Waals surface area contributed by atoms with Gasteiger partial charge in [-0.2, -0.15) is 0 Å². The molecule has 0 N–H and O–H groups in total. The van der Waals surface area contributed by atoms with E-state index in [1.165, 1.54) is 6.07 Å². The van der Waals surface area contributed by atoms with Gasteiger partial charge in [0.1, 0.15) is 0 Å².